The molecule has 1 aliphatic carbocycles. The first-order chi connectivity index (χ1) is 9.81. The molecule has 3 heteroatoms. The first-order valence-corrected chi connectivity index (χ1v) is 7.09. The molecule has 0 saturated heterocycles. The van der Waals surface area contributed by atoms with Gasteiger partial charge in [0.15, 0.2) is 0 Å². The van der Waals surface area contributed by atoms with Gasteiger partial charge in [0, 0.05) is 5.69 Å². The molecule has 1 heterocycles. The normalized spacial score (nSPS) is 19.8. The molecule has 2 aromatic carbocycles. The van der Waals surface area contributed by atoms with Crippen LogP contribution in [0.2, 0.25) is 0 Å². The lowest BCUT2D eigenvalue weighted by atomic mass is 10.0. The van der Waals surface area contributed by atoms with Crippen molar-refractivity contribution >= 4 is 11.6 Å². The highest BCUT2D eigenvalue weighted by Gasteiger charge is 2.24. The van der Waals surface area contributed by atoms with Crippen molar-refractivity contribution in [2.24, 2.45) is 0 Å². The summed E-state index contributed by atoms with van der Waals surface area (Å²) in [7, 11) is 0. The van der Waals surface area contributed by atoms with E-state index in [1.54, 1.807) is 0 Å². The second kappa shape index (κ2) is 4.37. The highest BCUT2D eigenvalue weighted by molar-refractivity contribution is 6.01. The fourth-order valence-corrected chi connectivity index (χ4v) is 3.15. The smallest absolute Gasteiger partial charge is 0.255 e. The van der Waals surface area contributed by atoms with Gasteiger partial charge in [-0.2, -0.15) is 0 Å². The molecule has 0 fully saturated rings. The number of carbonyl (C=O) groups is 1. The lowest BCUT2D eigenvalue weighted by Crippen LogP contribution is -2.38. The number of fused-ring (bicyclic) bond motifs is 2. The van der Waals surface area contributed by atoms with Crippen molar-refractivity contribution < 1.29 is 4.79 Å². The molecule has 0 aromatic heterocycles. The Kier molecular flexibility index (Phi) is 2.52. The molecule has 0 spiro atoms. The van der Waals surface area contributed by atoms with Crippen molar-refractivity contribution in [3.05, 3.63) is 64.7 Å². The highest BCUT2D eigenvalue weighted by Crippen LogP contribution is 2.29. The minimum absolute atomic E-state index is 0.00940. The van der Waals surface area contributed by atoms with Crippen LogP contribution < -0.4 is 10.6 Å². The molecule has 2 aromatic rings. The maximum atomic E-state index is 12.2. The van der Waals surface area contributed by atoms with E-state index in [-0.39, 0.29) is 12.1 Å². The molecule has 1 unspecified atom stereocenters. The van der Waals surface area contributed by atoms with Crippen LogP contribution in [0.3, 0.4) is 0 Å². The molecule has 0 bridgehead atoms. The summed E-state index contributed by atoms with van der Waals surface area (Å²) in [6.45, 7) is 0. The van der Waals surface area contributed by atoms with Gasteiger partial charge in [-0.1, -0.05) is 30.3 Å². The zero-order valence-corrected chi connectivity index (χ0v) is 11.1. The number of amides is 1. The zero-order valence-electron chi connectivity index (χ0n) is 11.1. The van der Waals surface area contributed by atoms with E-state index in [0.717, 1.165) is 17.7 Å². The third-order valence-electron chi connectivity index (χ3n) is 4.20. The Morgan fingerprint density at radius 1 is 0.950 bits per heavy atom. The maximum absolute atomic E-state index is 12.2. The molecule has 20 heavy (non-hydrogen) atoms. The third kappa shape index (κ3) is 1.78. The standard InChI is InChI=1S/C17H16N2O/c20-17-14-6-1-2-7-15(14)18-16(19-17)13-9-8-11-4-3-5-12(11)10-13/h1-2,6-10,16,18H,3-5H2,(H,19,20). The first kappa shape index (κ1) is 11.5. The number of aryl methyl sites for hydroxylation is 2. The Morgan fingerprint density at radius 2 is 1.80 bits per heavy atom. The molecule has 100 valence electrons. The van der Waals surface area contributed by atoms with E-state index in [1.165, 1.54) is 24.0 Å². The molecular weight excluding hydrogens is 248 g/mol. The summed E-state index contributed by atoms with van der Waals surface area (Å²) >= 11 is 0. The summed E-state index contributed by atoms with van der Waals surface area (Å²) in [6, 6.07) is 14.2. The quantitative estimate of drug-likeness (QED) is 0.831. The predicted molar refractivity (Wildman–Crippen MR) is 78.7 cm³/mol. The van der Waals surface area contributed by atoms with E-state index in [0.29, 0.717) is 5.56 Å². The van der Waals surface area contributed by atoms with E-state index in [2.05, 4.69) is 28.8 Å². The van der Waals surface area contributed by atoms with Crippen molar-refractivity contribution in [3.63, 3.8) is 0 Å². The number of anilines is 1. The number of benzene rings is 2. The van der Waals surface area contributed by atoms with Crippen molar-refractivity contribution in [2.45, 2.75) is 25.4 Å². The van der Waals surface area contributed by atoms with Gasteiger partial charge in [0.25, 0.3) is 5.91 Å². The molecule has 1 aliphatic heterocycles. The Labute approximate surface area is 118 Å². The van der Waals surface area contributed by atoms with E-state index >= 15 is 0 Å². The van der Waals surface area contributed by atoms with Crippen LogP contribution in [0.15, 0.2) is 42.5 Å². The summed E-state index contributed by atoms with van der Waals surface area (Å²) in [5.41, 5.74) is 5.63. The van der Waals surface area contributed by atoms with Gasteiger partial charge in [-0.15, -0.1) is 0 Å². The Balaban J connectivity index is 1.69. The van der Waals surface area contributed by atoms with Gasteiger partial charge in [-0.05, 0) is 48.1 Å². The molecule has 1 amide bonds. The summed E-state index contributed by atoms with van der Waals surface area (Å²) in [6.07, 6.45) is 3.44. The molecule has 2 aliphatic rings. The lowest BCUT2D eigenvalue weighted by molar-refractivity contribution is 0.0935. The molecule has 0 saturated carbocycles. The molecule has 4 rings (SSSR count). The van der Waals surface area contributed by atoms with Gasteiger partial charge in [0.05, 0.1) is 5.56 Å². The zero-order chi connectivity index (χ0) is 13.5. The van der Waals surface area contributed by atoms with Crippen LogP contribution in [-0.4, -0.2) is 5.91 Å². The van der Waals surface area contributed by atoms with Crippen LogP contribution in [0, 0.1) is 0 Å². The van der Waals surface area contributed by atoms with E-state index in [1.807, 2.05) is 24.3 Å². The second-order valence-corrected chi connectivity index (χ2v) is 5.48. The van der Waals surface area contributed by atoms with Crippen LogP contribution in [0.1, 0.15) is 39.6 Å². The Morgan fingerprint density at radius 3 is 2.75 bits per heavy atom. The van der Waals surface area contributed by atoms with Crippen LogP contribution in [0.4, 0.5) is 5.69 Å². The largest absolute Gasteiger partial charge is 0.361 e. The van der Waals surface area contributed by atoms with E-state index in [4.69, 9.17) is 0 Å². The van der Waals surface area contributed by atoms with Crippen LogP contribution in [-0.2, 0) is 12.8 Å². The molecule has 1 atom stereocenters. The van der Waals surface area contributed by atoms with E-state index < -0.39 is 0 Å². The molecule has 2 N–H and O–H groups in total. The third-order valence-corrected chi connectivity index (χ3v) is 4.20. The van der Waals surface area contributed by atoms with Crippen molar-refractivity contribution in [2.75, 3.05) is 5.32 Å². The van der Waals surface area contributed by atoms with Crippen LogP contribution in [0.25, 0.3) is 0 Å². The Bertz CT molecular complexity index is 693. The predicted octanol–water partition coefficient (Wildman–Crippen LogP) is 3.03. The van der Waals surface area contributed by atoms with Crippen LogP contribution >= 0.6 is 0 Å². The number of rotatable bonds is 1. The first-order valence-electron chi connectivity index (χ1n) is 7.09. The maximum Gasteiger partial charge on any atom is 0.255 e. The summed E-state index contributed by atoms with van der Waals surface area (Å²) in [5, 5.41) is 6.43. The highest BCUT2D eigenvalue weighted by atomic mass is 16.2. The number of carbonyl (C=O) groups excluding carboxylic acids is 1. The van der Waals surface area contributed by atoms with Gasteiger partial charge < -0.3 is 10.6 Å². The monoisotopic (exact) mass is 264 g/mol. The number of nitrogens with one attached hydrogen (secondary N) is 2. The van der Waals surface area contributed by atoms with Gasteiger partial charge >= 0.3 is 0 Å². The van der Waals surface area contributed by atoms with Gasteiger partial charge in [-0.25, -0.2) is 0 Å². The topological polar surface area (TPSA) is 41.1 Å². The van der Waals surface area contributed by atoms with Gasteiger partial charge in [0.2, 0.25) is 0 Å². The molecule has 3 nitrogen and oxygen atoms in total. The SMILES string of the molecule is O=C1NC(c2ccc3c(c2)CCC3)Nc2ccccc21. The minimum Gasteiger partial charge on any atom is -0.361 e. The summed E-state index contributed by atoms with van der Waals surface area (Å²) in [5.74, 6) is -0.00940. The van der Waals surface area contributed by atoms with Crippen molar-refractivity contribution in [3.8, 4) is 0 Å². The number of para-hydroxylation sites is 1. The Hall–Kier alpha value is -2.29. The van der Waals surface area contributed by atoms with Crippen LogP contribution in [0.5, 0.6) is 0 Å². The number of hydrogen-bond donors (Lipinski definition) is 2. The lowest BCUT2D eigenvalue weighted by Gasteiger charge is -2.28. The van der Waals surface area contributed by atoms with Gasteiger partial charge in [0.1, 0.15) is 6.17 Å². The summed E-state index contributed by atoms with van der Waals surface area (Å²) in [4.78, 5) is 12.2. The second-order valence-electron chi connectivity index (χ2n) is 5.48. The fourth-order valence-electron chi connectivity index (χ4n) is 3.15. The number of hydrogen-bond acceptors (Lipinski definition) is 2. The fraction of sp³-hybridized carbons (Fsp3) is 0.235. The molecular formula is C17H16N2O. The van der Waals surface area contributed by atoms with Crippen molar-refractivity contribution in [1.82, 2.24) is 5.32 Å². The summed E-state index contributed by atoms with van der Waals surface area (Å²) < 4.78 is 0. The average molecular weight is 264 g/mol. The van der Waals surface area contributed by atoms with Crippen molar-refractivity contribution in [1.29, 1.82) is 0 Å². The minimum atomic E-state index is -0.136. The average Bonchev–Trinajstić information content (AvgIpc) is 2.94. The van der Waals surface area contributed by atoms with Gasteiger partial charge in [-0.3, -0.25) is 4.79 Å². The van der Waals surface area contributed by atoms with E-state index in [9.17, 15) is 4.79 Å². The molecule has 0 radical (unpaired) electrons.